The van der Waals surface area contributed by atoms with Crippen molar-refractivity contribution in [1.29, 1.82) is 0 Å². The van der Waals surface area contributed by atoms with Gasteiger partial charge >= 0.3 is 5.97 Å². The topological polar surface area (TPSA) is 84.9 Å². The molecule has 1 saturated heterocycles. The summed E-state index contributed by atoms with van der Waals surface area (Å²) in [6.45, 7) is 6.73. The predicted octanol–water partition coefficient (Wildman–Crippen LogP) is -1.93. The van der Waals surface area contributed by atoms with Crippen LogP contribution < -0.4 is 10.6 Å². The van der Waals surface area contributed by atoms with Crippen molar-refractivity contribution in [2.45, 2.75) is 0 Å². The predicted molar refractivity (Wildman–Crippen MR) is 72.3 cm³/mol. The number of hydrogen-bond acceptors (Lipinski definition) is 6. The molecule has 0 atom stereocenters. The standard InChI is InChI=1S/C12H24N4O3/c17-10-9-15-5-3-13-1-2-14-4-6-16(8-7-15)11-12(18)19/h10,13-14H,1-9,11H2,(H,18,19). The van der Waals surface area contributed by atoms with Gasteiger partial charge in [-0.1, -0.05) is 0 Å². The minimum atomic E-state index is -0.810. The minimum Gasteiger partial charge on any atom is -0.480 e. The van der Waals surface area contributed by atoms with Crippen LogP contribution in [0.5, 0.6) is 0 Å². The molecule has 1 aliphatic rings. The Bertz CT molecular complexity index is 276. The molecule has 1 rings (SSSR count). The van der Waals surface area contributed by atoms with Crippen molar-refractivity contribution >= 4 is 12.3 Å². The zero-order valence-electron chi connectivity index (χ0n) is 11.3. The maximum atomic E-state index is 10.8. The Morgan fingerprint density at radius 2 is 1.58 bits per heavy atom. The van der Waals surface area contributed by atoms with Crippen molar-refractivity contribution in [2.75, 3.05) is 65.4 Å². The van der Waals surface area contributed by atoms with Crippen molar-refractivity contribution in [3.8, 4) is 0 Å². The van der Waals surface area contributed by atoms with Crippen LogP contribution in [0.25, 0.3) is 0 Å². The summed E-state index contributed by atoms with van der Waals surface area (Å²) in [7, 11) is 0. The van der Waals surface area contributed by atoms with Crippen LogP contribution in [0.4, 0.5) is 0 Å². The molecule has 0 amide bonds. The highest BCUT2D eigenvalue weighted by molar-refractivity contribution is 5.69. The molecule has 0 spiro atoms. The van der Waals surface area contributed by atoms with E-state index < -0.39 is 5.97 Å². The van der Waals surface area contributed by atoms with Crippen LogP contribution in [0.3, 0.4) is 0 Å². The van der Waals surface area contributed by atoms with Crippen LogP contribution in [0.2, 0.25) is 0 Å². The highest BCUT2D eigenvalue weighted by Gasteiger charge is 2.12. The maximum Gasteiger partial charge on any atom is 0.317 e. The highest BCUT2D eigenvalue weighted by atomic mass is 16.4. The second-order valence-electron chi connectivity index (χ2n) is 4.64. The molecular formula is C12H24N4O3. The molecule has 0 unspecified atom stereocenters. The normalized spacial score (nSPS) is 21.3. The molecule has 0 aromatic rings. The first kappa shape index (κ1) is 16.0. The van der Waals surface area contributed by atoms with Crippen molar-refractivity contribution in [3.63, 3.8) is 0 Å². The number of aldehydes is 1. The van der Waals surface area contributed by atoms with Gasteiger partial charge in [-0.05, 0) is 0 Å². The number of nitrogens with zero attached hydrogens (tertiary/aromatic N) is 2. The van der Waals surface area contributed by atoms with E-state index in [1.165, 1.54) is 0 Å². The number of nitrogens with one attached hydrogen (secondary N) is 2. The lowest BCUT2D eigenvalue weighted by molar-refractivity contribution is -0.138. The Morgan fingerprint density at radius 1 is 1.00 bits per heavy atom. The fraction of sp³-hybridized carbons (Fsp3) is 0.833. The van der Waals surface area contributed by atoms with Crippen molar-refractivity contribution in [1.82, 2.24) is 20.4 Å². The van der Waals surface area contributed by atoms with E-state index in [-0.39, 0.29) is 6.54 Å². The molecule has 0 bridgehead atoms. The zero-order valence-corrected chi connectivity index (χ0v) is 11.3. The Balaban J connectivity index is 2.47. The smallest absolute Gasteiger partial charge is 0.317 e. The molecule has 0 aromatic heterocycles. The molecule has 110 valence electrons. The lowest BCUT2D eigenvalue weighted by atomic mass is 10.3. The fourth-order valence-corrected chi connectivity index (χ4v) is 2.04. The third-order valence-corrected chi connectivity index (χ3v) is 3.11. The van der Waals surface area contributed by atoms with Crippen molar-refractivity contribution in [3.05, 3.63) is 0 Å². The first-order valence-electron chi connectivity index (χ1n) is 6.74. The van der Waals surface area contributed by atoms with E-state index in [0.29, 0.717) is 26.2 Å². The summed E-state index contributed by atoms with van der Waals surface area (Å²) in [6, 6.07) is 0. The molecular weight excluding hydrogens is 248 g/mol. The molecule has 1 aliphatic heterocycles. The van der Waals surface area contributed by atoms with Gasteiger partial charge in [-0.2, -0.15) is 0 Å². The number of carboxylic acids is 1. The summed E-state index contributed by atoms with van der Waals surface area (Å²) >= 11 is 0. The van der Waals surface area contributed by atoms with Crippen LogP contribution >= 0.6 is 0 Å². The lowest BCUT2D eigenvalue weighted by Crippen LogP contribution is -2.45. The Hall–Kier alpha value is -1.02. The van der Waals surface area contributed by atoms with Gasteiger partial charge in [0.15, 0.2) is 0 Å². The van der Waals surface area contributed by atoms with Gasteiger partial charge in [0.2, 0.25) is 0 Å². The Morgan fingerprint density at radius 3 is 2.16 bits per heavy atom. The first-order valence-corrected chi connectivity index (χ1v) is 6.74. The lowest BCUT2D eigenvalue weighted by Gasteiger charge is -2.26. The van der Waals surface area contributed by atoms with Gasteiger partial charge in [-0.25, -0.2) is 0 Å². The van der Waals surface area contributed by atoms with E-state index in [4.69, 9.17) is 5.11 Å². The molecule has 0 saturated carbocycles. The molecule has 0 aliphatic carbocycles. The molecule has 3 N–H and O–H groups in total. The van der Waals surface area contributed by atoms with Gasteiger partial charge in [-0.15, -0.1) is 0 Å². The molecule has 0 radical (unpaired) electrons. The highest BCUT2D eigenvalue weighted by Crippen LogP contribution is 1.93. The average Bonchev–Trinajstić information content (AvgIpc) is 2.35. The fourth-order valence-electron chi connectivity index (χ4n) is 2.04. The van der Waals surface area contributed by atoms with Gasteiger partial charge in [0, 0.05) is 52.4 Å². The van der Waals surface area contributed by atoms with E-state index in [1.807, 2.05) is 9.80 Å². The molecule has 7 heteroatoms. The van der Waals surface area contributed by atoms with Gasteiger partial charge in [-0.3, -0.25) is 14.6 Å². The summed E-state index contributed by atoms with van der Waals surface area (Å²) < 4.78 is 0. The van der Waals surface area contributed by atoms with Crippen LogP contribution in [0.1, 0.15) is 0 Å². The molecule has 19 heavy (non-hydrogen) atoms. The van der Waals surface area contributed by atoms with Crippen LogP contribution in [0.15, 0.2) is 0 Å². The van der Waals surface area contributed by atoms with E-state index in [0.717, 1.165) is 39.0 Å². The number of hydrogen-bond donors (Lipinski definition) is 3. The first-order chi connectivity index (χ1) is 9.22. The van der Waals surface area contributed by atoms with Gasteiger partial charge < -0.3 is 20.5 Å². The average molecular weight is 272 g/mol. The van der Waals surface area contributed by atoms with Gasteiger partial charge in [0.05, 0.1) is 13.1 Å². The number of carbonyl (C=O) groups excluding carboxylic acids is 1. The zero-order chi connectivity index (χ0) is 13.9. The summed E-state index contributed by atoms with van der Waals surface area (Å²) in [5.41, 5.74) is 0. The Labute approximate surface area is 113 Å². The van der Waals surface area contributed by atoms with E-state index >= 15 is 0 Å². The van der Waals surface area contributed by atoms with E-state index in [2.05, 4.69) is 10.6 Å². The monoisotopic (exact) mass is 272 g/mol. The maximum absolute atomic E-state index is 10.8. The van der Waals surface area contributed by atoms with Gasteiger partial charge in [0.1, 0.15) is 6.29 Å². The summed E-state index contributed by atoms with van der Waals surface area (Å²) in [5.74, 6) is -0.810. The van der Waals surface area contributed by atoms with Crippen molar-refractivity contribution < 1.29 is 14.7 Å². The Kier molecular flexibility index (Phi) is 8.31. The number of carbonyl (C=O) groups is 2. The molecule has 7 nitrogen and oxygen atoms in total. The van der Waals surface area contributed by atoms with E-state index in [1.54, 1.807) is 0 Å². The van der Waals surface area contributed by atoms with Gasteiger partial charge in [0.25, 0.3) is 0 Å². The largest absolute Gasteiger partial charge is 0.480 e. The molecule has 1 fully saturated rings. The van der Waals surface area contributed by atoms with Crippen molar-refractivity contribution in [2.24, 2.45) is 0 Å². The van der Waals surface area contributed by atoms with Crippen LogP contribution in [-0.4, -0.2) is 92.6 Å². The number of rotatable bonds is 4. The molecule has 1 heterocycles. The number of carboxylic acid groups (broad SMARTS) is 1. The SMILES string of the molecule is O=CCN1CCNCCNCCN(CC(=O)O)CC1. The third-order valence-electron chi connectivity index (χ3n) is 3.11. The quantitative estimate of drug-likeness (QED) is 0.514. The second-order valence-corrected chi connectivity index (χ2v) is 4.64. The van der Waals surface area contributed by atoms with Crippen LogP contribution in [0, 0.1) is 0 Å². The number of aliphatic carboxylic acids is 1. The summed E-state index contributed by atoms with van der Waals surface area (Å²) in [6.07, 6.45) is 0.898. The third kappa shape index (κ3) is 7.89. The molecule has 0 aromatic carbocycles. The summed E-state index contributed by atoms with van der Waals surface area (Å²) in [5, 5.41) is 15.5. The minimum absolute atomic E-state index is 0.0505. The summed E-state index contributed by atoms with van der Waals surface area (Å²) in [4.78, 5) is 25.4. The second kappa shape index (κ2) is 9.85. The van der Waals surface area contributed by atoms with E-state index in [9.17, 15) is 9.59 Å². The van der Waals surface area contributed by atoms with Crippen LogP contribution in [-0.2, 0) is 9.59 Å².